The van der Waals surface area contributed by atoms with Crippen molar-refractivity contribution in [2.45, 2.75) is 19.9 Å². The van der Waals surface area contributed by atoms with E-state index in [9.17, 15) is 9.18 Å². The lowest BCUT2D eigenvalue weighted by molar-refractivity contribution is -0.119. The maximum atomic E-state index is 13.1. The zero-order chi connectivity index (χ0) is 15.9. The minimum atomic E-state index is -0.271. The van der Waals surface area contributed by atoms with Crippen molar-refractivity contribution in [2.75, 3.05) is 11.5 Å². The Kier molecular flexibility index (Phi) is 6.46. The highest BCUT2D eigenvalue weighted by Crippen LogP contribution is 2.26. The van der Waals surface area contributed by atoms with Gasteiger partial charge in [0, 0.05) is 4.88 Å². The number of hydrogen-bond donors (Lipinski definition) is 1. The summed E-state index contributed by atoms with van der Waals surface area (Å²) in [6.45, 7) is 4.27. The van der Waals surface area contributed by atoms with E-state index in [1.165, 1.54) is 12.1 Å². The Hall–Kier alpha value is -1.33. The Morgan fingerprint density at radius 2 is 2.00 bits per heavy atom. The van der Waals surface area contributed by atoms with Gasteiger partial charge in [0.25, 0.3) is 0 Å². The van der Waals surface area contributed by atoms with Gasteiger partial charge in [0.2, 0.25) is 5.91 Å². The van der Waals surface area contributed by atoms with Gasteiger partial charge in [0.15, 0.2) is 0 Å². The van der Waals surface area contributed by atoms with E-state index in [-0.39, 0.29) is 17.8 Å². The molecule has 2 nitrogen and oxygen atoms in total. The van der Waals surface area contributed by atoms with Gasteiger partial charge < -0.3 is 5.32 Å². The third-order valence-electron chi connectivity index (χ3n) is 3.02. The van der Waals surface area contributed by atoms with E-state index < -0.39 is 0 Å². The summed E-state index contributed by atoms with van der Waals surface area (Å²) >= 11 is 3.22. The smallest absolute Gasteiger partial charge is 0.230 e. The van der Waals surface area contributed by atoms with Crippen molar-refractivity contribution in [1.29, 1.82) is 0 Å². The maximum Gasteiger partial charge on any atom is 0.230 e. The van der Waals surface area contributed by atoms with Crippen LogP contribution < -0.4 is 5.32 Å². The predicted octanol–water partition coefficient (Wildman–Crippen LogP) is 4.48. The molecule has 118 valence electrons. The normalized spacial score (nSPS) is 12.4. The summed E-state index contributed by atoms with van der Waals surface area (Å²) in [7, 11) is 0. The molecule has 0 saturated heterocycles. The number of amides is 1. The van der Waals surface area contributed by atoms with E-state index >= 15 is 0 Å². The molecule has 1 aromatic carbocycles. The highest BCUT2D eigenvalue weighted by molar-refractivity contribution is 7.99. The quantitative estimate of drug-likeness (QED) is 0.807. The van der Waals surface area contributed by atoms with Crippen LogP contribution in [0.3, 0.4) is 0 Å². The monoisotopic (exact) mass is 337 g/mol. The fourth-order valence-electron chi connectivity index (χ4n) is 2.02. The van der Waals surface area contributed by atoms with E-state index in [0.29, 0.717) is 11.7 Å². The molecule has 1 unspecified atom stereocenters. The van der Waals surface area contributed by atoms with Crippen molar-refractivity contribution in [3.05, 3.63) is 58.0 Å². The van der Waals surface area contributed by atoms with E-state index in [0.717, 1.165) is 16.2 Å². The number of carbonyl (C=O) groups excluding carboxylic acids is 1. The summed E-state index contributed by atoms with van der Waals surface area (Å²) in [5.41, 5.74) is 0.894. The van der Waals surface area contributed by atoms with Gasteiger partial charge >= 0.3 is 0 Å². The lowest BCUT2D eigenvalue weighted by Crippen LogP contribution is -2.30. The first-order valence-corrected chi connectivity index (χ1v) is 9.25. The number of rotatable bonds is 7. The number of halogens is 1. The van der Waals surface area contributed by atoms with Crippen molar-refractivity contribution in [3.63, 3.8) is 0 Å². The number of thioether (sulfide) groups is 1. The predicted molar refractivity (Wildman–Crippen MR) is 92.9 cm³/mol. The molecule has 5 heteroatoms. The van der Waals surface area contributed by atoms with Crippen LogP contribution in [0.4, 0.5) is 4.39 Å². The highest BCUT2D eigenvalue weighted by Gasteiger charge is 2.18. The zero-order valence-corrected chi connectivity index (χ0v) is 14.3. The topological polar surface area (TPSA) is 29.1 Å². The van der Waals surface area contributed by atoms with Gasteiger partial charge in [-0.15, -0.1) is 11.3 Å². The Labute approximate surface area is 139 Å². The largest absolute Gasteiger partial charge is 0.344 e. The number of benzene rings is 1. The van der Waals surface area contributed by atoms with E-state index in [1.807, 2.05) is 17.5 Å². The first-order chi connectivity index (χ1) is 10.6. The summed E-state index contributed by atoms with van der Waals surface area (Å²) < 4.78 is 13.1. The zero-order valence-electron chi connectivity index (χ0n) is 12.7. The summed E-state index contributed by atoms with van der Waals surface area (Å²) in [5.74, 6) is 1.72. The Morgan fingerprint density at radius 3 is 2.59 bits per heavy atom. The van der Waals surface area contributed by atoms with Gasteiger partial charge in [0.1, 0.15) is 5.82 Å². The number of hydrogen-bond acceptors (Lipinski definition) is 3. The van der Waals surface area contributed by atoms with Gasteiger partial charge in [-0.05, 0) is 40.8 Å². The number of nitrogens with one attached hydrogen (secondary N) is 1. The molecule has 0 fully saturated rings. The minimum absolute atomic E-state index is 0.00775. The van der Waals surface area contributed by atoms with Crippen molar-refractivity contribution in [3.8, 4) is 0 Å². The van der Waals surface area contributed by atoms with Crippen LogP contribution in [0.5, 0.6) is 0 Å². The summed E-state index contributed by atoms with van der Waals surface area (Å²) in [4.78, 5) is 13.2. The van der Waals surface area contributed by atoms with Crippen LogP contribution in [0.2, 0.25) is 0 Å². The van der Waals surface area contributed by atoms with Crippen LogP contribution in [0.1, 0.15) is 30.3 Å². The fraction of sp³-hybridized carbons (Fsp3) is 0.353. The molecular weight excluding hydrogens is 317 g/mol. The first-order valence-electron chi connectivity index (χ1n) is 7.22. The summed E-state index contributed by atoms with van der Waals surface area (Å²) in [5, 5.41) is 5.03. The van der Waals surface area contributed by atoms with E-state index in [4.69, 9.17) is 0 Å². The van der Waals surface area contributed by atoms with Gasteiger partial charge in [-0.25, -0.2) is 4.39 Å². The fourth-order valence-corrected chi connectivity index (χ4v) is 3.68. The van der Waals surface area contributed by atoms with Crippen LogP contribution in [0, 0.1) is 11.7 Å². The summed E-state index contributed by atoms with van der Waals surface area (Å²) in [6.07, 6.45) is 0. The van der Waals surface area contributed by atoms with Crippen LogP contribution in [-0.2, 0) is 4.79 Å². The second kappa shape index (κ2) is 8.34. The molecule has 22 heavy (non-hydrogen) atoms. The van der Waals surface area contributed by atoms with Gasteiger partial charge in [-0.3, -0.25) is 4.79 Å². The lowest BCUT2D eigenvalue weighted by Gasteiger charge is -2.18. The molecule has 1 atom stereocenters. The SMILES string of the molecule is CC(C)CSCC(=O)NC(c1ccc(F)cc1)c1cccs1. The Bertz CT molecular complexity index is 581. The van der Waals surface area contributed by atoms with Crippen LogP contribution in [0.15, 0.2) is 41.8 Å². The van der Waals surface area contributed by atoms with E-state index in [1.54, 1.807) is 35.2 Å². The van der Waals surface area contributed by atoms with Crippen LogP contribution in [-0.4, -0.2) is 17.4 Å². The second-order valence-electron chi connectivity index (χ2n) is 5.48. The molecule has 1 aromatic heterocycles. The molecule has 1 heterocycles. The Morgan fingerprint density at radius 1 is 1.27 bits per heavy atom. The van der Waals surface area contributed by atoms with Crippen molar-refractivity contribution < 1.29 is 9.18 Å². The first kappa shape index (κ1) is 17.0. The van der Waals surface area contributed by atoms with Gasteiger partial charge in [0.05, 0.1) is 11.8 Å². The molecule has 0 aliphatic rings. The Balaban J connectivity index is 2.06. The van der Waals surface area contributed by atoms with Crippen LogP contribution in [0.25, 0.3) is 0 Å². The molecule has 2 aromatic rings. The minimum Gasteiger partial charge on any atom is -0.344 e. The molecule has 1 amide bonds. The third kappa shape index (κ3) is 5.14. The molecule has 0 spiro atoms. The molecule has 0 radical (unpaired) electrons. The highest BCUT2D eigenvalue weighted by atomic mass is 32.2. The lowest BCUT2D eigenvalue weighted by atomic mass is 10.1. The molecule has 0 bridgehead atoms. The third-order valence-corrected chi connectivity index (χ3v) is 5.33. The van der Waals surface area contributed by atoms with Crippen LogP contribution >= 0.6 is 23.1 Å². The maximum absolute atomic E-state index is 13.1. The average molecular weight is 337 g/mol. The standard InChI is InChI=1S/C17H20FNOS2/c1-12(2)10-21-11-16(20)19-17(15-4-3-9-22-15)13-5-7-14(18)8-6-13/h3-9,12,17H,10-11H2,1-2H3,(H,19,20). The molecule has 1 N–H and O–H groups in total. The molecule has 2 rings (SSSR count). The average Bonchev–Trinajstić information content (AvgIpc) is 2.99. The van der Waals surface area contributed by atoms with Crippen molar-refractivity contribution in [1.82, 2.24) is 5.32 Å². The second-order valence-corrected chi connectivity index (χ2v) is 7.49. The molecule has 0 aliphatic carbocycles. The van der Waals surface area contributed by atoms with Gasteiger partial charge in [-0.1, -0.05) is 32.0 Å². The number of carbonyl (C=O) groups is 1. The molecule has 0 aliphatic heterocycles. The van der Waals surface area contributed by atoms with Crippen molar-refractivity contribution >= 4 is 29.0 Å². The molecular formula is C17H20FNOS2. The molecule has 0 saturated carbocycles. The summed E-state index contributed by atoms with van der Waals surface area (Å²) in [6, 6.07) is 10.0. The van der Waals surface area contributed by atoms with Crippen molar-refractivity contribution in [2.24, 2.45) is 5.92 Å². The van der Waals surface area contributed by atoms with Gasteiger partial charge in [-0.2, -0.15) is 11.8 Å². The van der Waals surface area contributed by atoms with E-state index in [2.05, 4.69) is 19.2 Å². The number of thiophene rings is 1.